The Balaban J connectivity index is 1.72. The molecular weight excluding hydrogens is 220 g/mol. The Kier molecular flexibility index (Phi) is 3.68. The predicted octanol–water partition coefficient (Wildman–Crippen LogP) is 3.17. The van der Waals surface area contributed by atoms with Gasteiger partial charge in [-0.3, -0.25) is 4.90 Å². The number of rotatable bonds is 1. The molecule has 3 atom stereocenters. The molecule has 0 bridgehead atoms. The summed E-state index contributed by atoms with van der Waals surface area (Å²) < 4.78 is 0. The van der Waals surface area contributed by atoms with E-state index < -0.39 is 0 Å². The molecule has 3 fully saturated rings. The van der Waals surface area contributed by atoms with Crippen LogP contribution in [0.1, 0.15) is 65.2 Å². The van der Waals surface area contributed by atoms with Gasteiger partial charge in [0.05, 0.1) is 0 Å². The fourth-order valence-electron chi connectivity index (χ4n) is 4.67. The Bertz CT molecular complexity index is 283. The lowest BCUT2D eigenvalue weighted by molar-refractivity contribution is 0.0208. The van der Waals surface area contributed by atoms with Crippen molar-refractivity contribution in [1.29, 1.82) is 0 Å². The summed E-state index contributed by atoms with van der Waals surface area (Å²) in [6, 6.07) is 1.61. The first kappa shape index (κ1) is 12.9. The van der Waals surface area contributed by atoms with E-state index in [1.807, 2.05) is 0 Å². The van der Waals surface area contributed by atoms with Crippen molar-refractivity contribution < 1.29 is 0 Å². The van der Waals surface area contributed by atoms with E-state index in [-0.39, 0.29) is 0 Å². The maximum absolute atomic E-state index is 3.91. The first-order chi connectivity index (χ1) is 8.70. The van der Waals surface area contributed by atoms with Crippen molar-refractivity contribution in [2.45, 2.75) is 82.8 Å². The summed E-state index contributed by atoms with van der Waals surface area (Å²) in [5.41, 5.74) is 0.479. The van der Waals surface area contributed by atoms with Crippen LogP contribution in [-0.4, -0.2) is 35.6 Å². The van der Waals surface area contributed by atoms with Crippen molar-refractivity contribution >= 4 is 0 Å². The van der Waals surface area contributed by atoms with E-state index in [1.165, 1.54) is 64.5 Å². The summed E-state index contributed by atoms with van der Waals surface area (Å²) in [5, 5.41) is 3.91. The normalized spacial score (nSPS) is 41.3. The number of hydrogen-bond acceptors (Lipinski definition) is 2. The fourth-order valence-corrected chi connectivity index (χ4v) is 4.67. The van der Waals surface area contributed by atoms with Gasteiger partial charge in [0.1, 0.15) is 0 Å². The molecule has 0 aromatic heterocycles. The molecule has 1 heterocycles. The Morgan fingerprint density at radius 1 is 1.00 bits per heavy atom. The summed E-state index contributed by atoms with van der Waals surface area (Å²) >= 11 is 0. The maximum Gasteiger partial charge on any atom is 0.0309 e. The number of nitrogens with one attached hydrogen (secondary N) is 1. The van der Waals surface area contributed by atoms with Crippen LogP contribution >= 0.6 is 0 Å². The Hall–Kier alpha value is -0.0800. The summed E-state index contributed by atoms with van der Waals surface area (Å²) in [6.45, 7) is 7.43. The van der Waals surface area contributed by atoms with Crippen molar-refractivity contribution in [3.8, 4) is 0 Å². The van der Waals surface area contributed by atoms with Crippen molar-refractivity contribution in [2.24, 2.45) is 5.92 Å². The van der Waals surface area contributed by atoms with Gasteiger partial charge in [-0.2, -0.15) is 0 Å². The minimum atomic E-state index is 0.479. The van der Waals surface area contributed by atoms with E-state index >= 15 is 0 Å². The van der Waals surface area contributed by atoms with Crippen LogP contribution < -0.4 is 5.32 Å². The third-order valence-corrected chi connectivity index (χ3v) is 5.88. The lowest BCUT2D eigenvalue weighted by atomic mass is 9.79. The van der Waals surface area contributed by atoms with Crippen LogP contribution in [0.3, 0.4) is 0 Å². The number of piperazine rings is 1. The van der Waals surface area contributed by atoms with Crippen molar-refractivity contribution in [3.63, 3.8) is 0 Å². The molecule has 0 radical (unpaired) electrons. The van der Waals surface area contributed by atoms with E-state index in [0.717, 1.165) is 18.0 Å². The van der Waals surface area contributed by atoms with Gasteiger partial charge in [0.25, 0.3) is 0 Å². The Morgan fingerprint density at radius 2 is 1.78 bits per heavy atom. The monoisotopic (exact) mass is 250 g/mol. The molecule has 2 aliphatic carbocycles. The molecule has 3 unspecified atom stereocenters. The zero-order valence-electron chi connectivity index (χ0n) is 12.3. The molecule has 0 aromatic carbocycles. The van der Waals surface area contributed by atoms with Crippen molar-refractivity contribution in [1.82, 2.24) is 10.2 Å². The van der Waals surface area contributed by atoms with E-state index in [2.05, 4.69) is 24.1 Å². The standard InChI is InChI=1S/C16H30N2/c1-13-7-6-8-15(13)18-12-16(17-11-14(18)2)9-4-3-5-10-16/h13-15,17H,3-12H2,1-2H3. The molecule has 1 N–H and O–H groups in total. The van der Waals surface area contributed by atoms with Gasteiger partial charge in [0.15, 0.2) is 0 Å². The van der Waals surface area contributed by atoms with Gasteiger partial charge in [-0.1, -0.05) is 32.6 Å². The zero-order valence-corrected chi connectivity index (χ0v) is 12.3. The average Bonchev–Trinajstić information content (AvgIpc) is 2.80. The second-order valence-corrected chi connectivity index (χ2v) is 7.22. The fraction of sp³-hybridized carbons (Fsp3) is 1.00. The third-order valence-electron chi connectivity index (χ3n) is 5.88. The quantitative estimate of drug-likeness (QED) is 0.769. The summed E-state index contributed by atoms with van der Waals surface area (Å²) in [6.07, 6.45) is 11.5. The second-order valence-electron chi connectivity index (χ2n) is 7.22. The molecule has 0 aromatic rings. The number of nitrogens with zero attached hydrogens (tertiary/aromatic N) is 1. The zero-order chi connectivity index (χ0) is 12.6. The lowest BCUT2D eigenvalue weighted by Gasteiger charge is -2.51. The van der Waals surface area contributed by atoms with Crippen LogP contribution in [0.25, 0.3) is 0 Å². The Morgan fingerprint density at radius 3 is 2.44 bits per heavy atom. The molecule has 2 nitrogen and oxygen atoms in total. The molecule has 1 spiro atoms. The van der Waals surface area contributed by atoms with Gasteiger partial charge in [0.2, 0.25) is 0 Å². The molecule has 1 aliphatic heterocycles. The first-order valence-electron chi connectivity index (χ1n) is 8.21. The lowest BCUT2D eigenvalue weighted by Crippen LogP contribution is -2.66. The topological polar surface area (TPSA) is 15.3 Å². The van der Waals surface area contributed by atoms with Crippen LogP contribution in [0.15, 0.2) is 0 Å². The molecule has 18 heavy (non-hydrogen) atoms. The largest absolute Gasteiger partial charge is 0.308 e. The molecule has 104 valence electrons. The smallest absolute Gasteiger partial charge is 0.0309 e. The molecule has 1 saturated heterocycles. The Labute approximate surface area is 113 Å². The van der Waals surface area contributed by atoms with Crippen LogP contribution in [0, 0.1) is 5.92 Å². The maximum atomic E-state index is 3.91. The number of hydrogen-bond donors (Lipinski definition) is 1. The predicted molar refractivity (Wildman–Crippen MR) is 76.8 cm³/mol. The van der Waals surface area contributed by atoms with E-state index in [9.17, 15) is 0 Å². The first-order valence-corrected chi connectivity index (χ1v) is 8.21. The SMILES string of the molecule is CC1CCCC1N1CC2(CCCCC2)NCC1C. The highest BCUT2D eigenvalue weighted by Crippen LogP contribution is 2.37. The average molecular weight is 250 g/mol. The molecule has 3 aliphatic rings. The highest BCUT2D eigenvalue weighted by molar-refractivity contribution is 5.01. The van der Waals surface area contributed by atoms with Crippen molar-refractivity contribution in [2.75, 3.05) is 13.1 Å². The molecule has 2 saturated carbocycles. The minimum Gasteiger partial charge on any atom is -0.308 e. The van der Waals surface area contributed by atoms with Gasteiger partial charge < -0.3 is 5.32 Å². The van der Waals surface area contributed by atoms with Gasteiger partial charge >= 0.3 is 0 Å². The van der Waals surface area contributed by atoms with Crippen LogP contribution in [-0.2, 0) is 0 Å². The highest BCUT2D eigenvalue weighted by atomic mass is 15.3. The molecule has 2 heteroatoms. The van der Waals surface area contributed by atoms with Crippen LogP contribution in [0.5, 0.6) is 0 Å². The second kappa shape index (κ2) is 5.13. The van der Waals surface area contributed by atoms with Gasteiger partial charge in [-0.05, 0) is 38.5 Å². The van der Waals surface area contributed by atoms with E-state index in [0.29, 0.717) is 5.54 Å². The third kappa shape index (κ3) is 2.34. The van der Waals surface area contributed by atoms with Gasteiger partial charge in [0, 0.05) is 30.7 Å². The van der Waals surface area contributed by atoms with E-state index in [1.54, 1.807) is 0 Å². The van der Waals surface area contributed by atoms with Crippen LogP contribution in [0.2, 0.25) is 0 Å². The summed E-state index contributed by atoms with van der Waals surface area (Å²) in [5.74, 6) is 0.922. The minimum absolute atomic E-state index is 0.479. The molecular formula is C16H30N2. The summed E-state index contributed by atoms with van der Waals surface area (Å²) in [4.78, 5) is 2.87. The molecule has 0 amide bonds. The van der Waals surface area contributed by atoms with Crippen LogP contribution in [0.4, 0.5) is 0 Å². The highest BCUT2D eigenvalue weighted by Gasteiger charge is 2.42. The molecule has 3 rings (SSSR count). The van der Waals surface area contributed by atoms with E-state index in [4.69, 9.17) is 0 Å². The summed E-state index contributed by atoms with van der Waals surface area (Å²) in [7, 11) is 0. The van der Waals surface area contributed by atoms with Gasteiger partial charge in [-0.15, -0.1) is 0 Å². The van der Waals surface area contributed by atoms with Gasteiger partial charge in [-0.25, -0.2) is 0 Å². The van der Waals surface area contributed by atoms with Crippen molar-refractivity contribution in [3.05, 3.63) is 0 Å².